The minimum absolute atomic E-state index is 0.449. The highest BCUT2D eigenvalue weighted by atomic mass is 14.7. The first kappa shape index (κ1) is 12.2. The summed E-state index contributed by atoms with van der Waals surface area (Å²) in [6, 6.07) is 0.449. The van der Waals surface area contributed by atoms with Gasteiger partial charge in [-0.15, -0.1) is 6.58 Å². The Bertz CT molecular complexity index is 248. The van der Waals surface area contributed by atoms with Crippen LogP contribution < -0.4 is 5.73 Å². The Kier molecular flexibility index (Phi) is 3.73. The van der Waals surface area contributed by atoms with Crippen LogP contribution in [0.2, 0.25) is 0 Å². The predicted molar refractivity (Wildman–Crippen MR) is 70.1 cm³/mol. The third kappa shape index (κ3) is 2.34. The number of allylic oxidation sites excluding steroid dienone is 1. The molecule has 0 aromatic carbocycles. The van der Waals surface area contributed by atoms with Crippen molar-refractivity contribution in [1.29, 1.82) is 0 Å². The summed E-state index contributed by atoms with van der Waals surface area (Å²) in [6.45, 7) is 8.68. The van der Waals surface area contributed by atoms with Gasteiger partial charge >= 0.3 is 0 Å². The van der Waals surface area contributed by atoms with E-state index in [0.29, 0.717) is 6.04 Å². The Labute approximate surface area is 100 Å². The topological polar surface area (TPSA) is 26.0 Å². The lowest BCUT2D eigenvalue weighted by Gasteiger charge is -2.40. The van der Waals surface area contributed by atoms with Crippen molar-refractivity contribution in [2.75, 3.05) is 0 Å². The lowest BCUT2D eigenvalue weighted by atomic mass is 9.68. The molecule has 0 radical (unpaired) electrons. The van der Waals surface area contributed by atoms with Crippen molar-refractivity contribution < 1.29 is 0 Å². The Morgan fingerprint density at radius 2 is 1.88 bits per heavy atom. The van der Waals surface area contributed by atoms with Crippen molar-refractivity contribution in [2.45, 2.75) is 52.0 Å². The zero-order chi connectivity index (χ0) is 11.7. The molecule has 6 atom stereocenters. The van der Waals surface area contributed by atoms with E-state index < -0.39 is 0 Å². The van der Waals surface area contributed by atoms with E-state index in [-0.39, 0.29) is 0 Å². The van der Waals surface area contributed by atoms with Crippen molar-refractivity contribution in [3.63, 3.8) is 0 Å². The van der Waals surface area contributed by atoms with Gasteiger partial charge < -0.3 is 5.73 Å². The fraction of sp³-hybridized carbons (Fsp3) is 0.867. The molecule has 16 heavy (non-hydrogen) atoms. The first-order chi connectivity index (χ1) is 7.61. The van der Waals surface area contributed by atoms with Crippen molar-refractivity contribution >= 4 is 0 Å². The second-order valence-electron chi connectivity index (χ2n) is 6.36. The highest BCUT2D eigenvalue weighted by Gasteiger charge is 2.38. The van der Waals surface area contributed by atoms with E-state index in [9.17, 15) is 0 Å². The molecule has 0 aromatic rings. The second kappa shape index (κ2) is 4.91. The summed E-state index contributed by atoms with van der Waals surface area (Å²) >= 11 is 0. The first-order valence-corrected chi connectivity index (χ1v) is 7.00. The van der Waals surface area contributed by atoms with Crippen LogP contribution in [-0.2, 0) is 0 Å². The van der Waals surface area contributed by atoms with Gasteiger partial charge in [0.15, 0.2) is 0 Å². The van der Waals surface area contributed by atoms with Gasteiger partial charge in [0.05, 0.1) is 0 Å². The fourth-order valence-electron chi connectivity index (χ4n) is 4.09. The summed E-state index contributed by atoms with van der Waals surface area (Å²) in [7, 11) is 0. The van der Waals surface area contributed by atoms with Crippen molar-refractivity contribution in [1.82, 2.24) is 0 Å². The maximum atomic E-state index is 6.43. The maximum Gasteiger partial charge on any atom is 0.00958 e. The molecule has 0 aromatic heterocycles. The SMILES string of the molecule is C=CC1CCC(C2CC(C)CC(C)C2N)C1. The Balaban J connectivity index is 1.99. The Morgan fingerprint density at radius 1 is 1.12 bits per heavy atom. The average Bonchev–Trinajstić information content (AvgIpc) is 2.71. The quantitative estimate of drug-likeness (QED) is 0.708. The molecule has 0 saturated heterocycles. The van der Waals surface area contributed by atoms with Crippen LogP contribution in [0.5, 0.6) is 0 Å². The highest BCUT2D eigenvalue weighted by molar-refractivity contribution is 4.95. The van der Waals surface area contributed by atoms with E-state index in [0.717, 1.165) is 29.6 Å². The molecule has 0 spiro atoms. The average molecular weight is 221 g/mol. The molecule has 92 valence electrons. The van der Waals surface area contributed by atoms with Crippen molar-refractivity contribution in [2.24, 2.45) is 35.3 Å². The molecule has 2 N–H and O–H groups in total. The minimum Gasteiger partial charge on any atom is -0.327 e. The molecular formula is C15H27N. The summed E-state index contributed by atoms with van der Waals surface area (Å²) < 4.78 is 0. The monoisotopic (exact) mass is 221 g/mol. The van der Waals surface area contributed by atoms with Crippen molar-refractivity contribution in [3.8, 4) is 0 Å². The van der Waals surface area contributed by atoms with Gasteiger partial charge in [0, 0.05) is 6.04 Å². The van der Waals surface area contributed by atoms with E-state index in [1.165, 1.54) is 32.1 Å². The molecule has 2 rings (SSSR count). The number of hydrogen-bond acceptors (Lipinski definition) is 1. The van der Waals surface area contributed by atoms with E-state index in [4.69, 9.17) is 5.73 Å². The normalized spacial score (nSPS) is 49.2. The molecule has 1 nitrogen and oxygen atoms in total. The van der Waals surface area contributed by atoms with Gasteiger partial charge in [-0.1, -0.05) is 19.9 Å². The van der Waals surface area contributed by atoms with Gasteiger partial charge in [-0.05, 0) is 61.7 Å². The first-order valence-electron chi connectivity index (χ1n) is 7.00. The number of nitrogens with two attached hydrogens (primary N) is 1. The standard InChI is InChI=1S/C15H27N/c1-4-12-5-6-13(9-12)14-8-10(2)7-11(3)15(14)16/h4,10-15H,1,5-9,16H2,2-3H3. The highest BCUT2D eigenvalue weighted by Crippen LogP contribution is 2.44. The Morgan fingerprint density at radius 3 is 2.50 bits per heavy atom. The van der Waals surface area contributed by atoms with Crippen LogP contribution in [-0.4, -0.2) is 6.04 Å². The number of hydrogen-bond donors (Lipinski definition) is 1. The molecule has 0 aliphatic heterocycles. The molecule has 0 heterocycles. The van der Waals surface area contributed by atoms with Crippen LogP contribution in [0.25, 0.3) is 0 Å². The van der Waals surface area contributed by atoms with E-state index >= 15 is 0 Å². The van der Waals surface area contributed by atoms with Gasteiger partial charge in [-0.25, -0.2) is 0 Å². The zero-order valence-electron chi connectivity index (χ0n) is 10.9. The Hall–Kier alpha value is -0.300. The summed E-state index contributed by atoms with van der Waals surface area (Å²) in [4.78, 5) is 0. The molecule has 2 fully saturated rings. The smallest absolute Gasteiger partial charge is 0.00958 e. The summed E-state index contributed by atoms with van der Waals surface area (Å²) in [5.74, 6) is 4.02. The minimum atomic E-state index is 0.449. The maximum absolute atomic E-state index is 6.43. The van der Waals surface area contributed by atoms with Gasteiger partial charge in [-0.3, -0.25) is 0 Å². The lowest BCUT2D eigenvalue weighted by molar-refractivity contribution is 0.129. The molecule has 1 heteroatoms. The lowest BCUT2D eigenvalue weighted by Crippen LogP contribution is -2.44. The number of rotatable bonds is 2. The van der Waals surface area contributed by atoms with Gasteiger partial charge in [0.25, 0.3) is 0 Å². The van der Waals surface area contributed by atoms with Crippen LogP contribution >= 0.6 is 0 Å². The molecule has 0 amide bonds. The molecule has 2 aliphatic rings. The van der Waals surface area contributed by atoms with E-state index in [2.05, 4.69) is 26.5 Å². The van der Waals surface area contributed by atoms with Crippen LogP contribution in [0.4, 0.5) is 0 Å². The molecule has 0 bridgehead atoms. The third-order valence-corrected chi connectivity index (χ3v) is 5.05. The van der Waals surface area contributed by atoms with Crippen LogP contribution in [0.3, 0.4) is 0 Å². The van der Waals surface area contributed by atoms with E-state index in [1.54, 1.807) is 0 Å². The zero-order valence-corrected chi connectivity index (χ0v) is 10.9. The third-order valence-electron chi connectivity index (χ3n) is 5.05. The van der Waals surface area contributed by atoms with Crippen LogP contribution in [0, 0.1) is 29.6 Å². The van der Waals surface area contributed by atoms with Crippen LogP contribution in [0.1, 0.15) is 46.0 Å². The fourth-order valence-corrected chi connectivity index (χ4v) is 4.09. The summed E-state index contributed by atoms with van der Waals surface area (Å²) in [6.07, 6.45) is 8.92. The van der Waals surface area contributed by atoms with Crippen molar-refractivity contribution in [3.05, 3.63) is 12.7 Å². The summed E-state index contributed by atoms with van der Waals surface area (Å²) in [5.41, 5.74) is 6.43. The molecule has 2 saturated carbocycles. The summed E-state index contributed by atoms with van der Waals surface area (Å²) in [5, 5.41) is 0. The van der Waals surface area contributed by atoms with Gasteiger partial charge in [-0.2, -0.15) is 0 Å². The molecule has 6 unspecified atom stereocenters. The second-order valence-corrected chi connectivity index (χ2v) is 6.36. The van der Waals surface area contributed by atoms with Crippen LogP contribution in [0.15, 0.2) is 12.7 Å². The van der Waals surface area contributed by atoms with Gasteiger partial charge in [0.2, 0.25) is 0 Å². The van der Waals surface area contributed by atoms with E-state index in [1.807, 2.05) is 0 Å². The van der Waals surface area contributed by atoms with Gasteiger partial charge in [0.1, 0.15) is 0 Å². The largest absolute Gasteiger partial charge is 0.327 e. The predicted octanol–water partition coefficient (Wildman–Crippen LogP) is 3.60. The molecular weight excluding hydrogens is 194 g/mol. The molecule has 2 aliphatic carbocycles.